The van der Waals surface area contributed by atoms with Gasteiger partial charge in [0, 0.05) is 18.3 Å². The second-order valence-electron chi connectivity index (χ2n) is 6.92. The second-order valence-corrected chi connectivity index (χ2v) is 6.92. The molecule has 0 fully saturated rings. The standard InChI is InChI=1S/C24H22N2O3/c27-22(15-14-20-12-7-17-29-20)25-23(19-9-2-1-3-10-19)24(28)26-16-6-11-18-8-4-5-13-21(18)26/h1-5,7-10,12-15,17,23H,6,11,16H2,(H,25,27)/b15-14+/t23-/m1/s1. The quantitative estimate of drug-likeness (QED) is 0.671. The molecule has 2 aromatic carbocycles. The zero-order valence-electron chi connectivity index (χ0n) is 16.0. The van der Waals surface area contributed by atoms with E-state index in [0.29, 0.717) is 12.3 Å². The van der Waals surface area contributed by atoms with Crippen molar-refractivity contribution < 1.29 is 14.0 Å². The highest BCUT2D eigenvalue weighted by Crippen LogP contribution is 2.29. The number of rotatable bonds is 5. The minimum absolute atomic E-state index is 0.136. The highest BCUT2D eigenvalue weighted by atomic mass is 16.3. The predicted octanol–water partition coefficient (Wildman–Crippen LogP) is 4.13. The van der Waals surface area contributed by atoms with Crippen LogP contribution in [0.2, 0.25) is 0 Å². The number of hydrogen-bond acceptors (Lipinski definition) is 3. The Hall–Kier alpha value is -3.60. The number of para-hydroxylation sites is 1. The summed E-state index contributed by atoms with van der Waals surface area (Å²) in [6.45, 7) is 0.636. The van der Waals surface area contributed by atoms with Crippen molar-refractivity contribution in [1.29, 1.82) is 0 Å². The SMILES string of the molecule is O=C(/C=C/c1ccco1)N[C@@H](C(=O)N1CCCc2ccccc21)c1ccccc1. The van der Waals surface area contributed by atoms with E-state index in [1.807, 2.05) is 48.5 Å². The summed E-state index contributed by atoms with van der Waals surface area (Å²) in [5, 5.41) is 2.87. The third-order valence-electron chi connectivity index (χ3n) is 4.98. The third-order valence-corrected chi connectivity index (χ3v) is 4.98. The van der Waals surface area contributed by atoms with Crippen molar-refractivity contribution in [3.63, 3.8) is 0 Å². The van der Waals surface area contributed by atoms with Crippen molar-refractivity contribution >= 4 is 23.6 Å². The van der Waals surface area contributed by atoms with Crippen molar-refractivity contribution in [2.45, 2.75) is 18.9 Å². The largest absolute Gasteiger partial charge is 0.465 e. The molecule has 1 aliphatic rings. The number of nitrogens with one attached hydrogen (secondary N) is 1. The van der Waals surface area contributed by atoms with Gasteiger partial charge >= 0.3 is 0 Å². The number of furan rings is 1. The van der Waals surface area contributed by atoms with Crippen molar-refractivity contribution in [2.75, 3.05) is 11.4 Å². The van der Waals surface area contributed by atoms with Crippen LogP contribution in [0.15, 0.2) is 83.5 Å². The maximum Gasteiger partial charge on any atom is 0.254 e. The molecule has 29 heavy (non-hydrogen) atoms. The van der Waals surface area contributed by atoms with Gasteiger partial charge in [0.1, 0.15) is 11.8 Å². The average Bonchev–Trinajstić information content (AvgIpc) is 3.29. The van der Waals surface area contributed by atoms with Crippen LogP contribution in [-0.4, -0.2) is 18.4 Å². The minimum Gasteiger partial charge on any atom is -0.465 e. The lowest BCUT2D eigenvalue weighted by atomic mass is 9.99. The fourth-order valence-corrected chi connectivity index (χ4v) is 3.59. The molecule has 0 bridgehead atoms. The Labute approximate surface area is 169 Å². The molecule has 0 saturated heterocycles. The summed E-state index contributed by atoms with van der Waals surface area (Å²) in [5.74, 6) is 0.0877. The summed E-state index contributed by atoms with van der Waals surface area (Å²) in [4.78, 5) is 27.8. The predicted molar refractivity (Wildman–Crippen MR) is 112 cm³/mol. The lowest BCUT2D eigenvalue weighted by Crippen LogP contribution is -2.44. The van der Waals surface area contributed by atoms with E-state index in [9.17, 15) is 9.59 Å². The first-order valence-corrected chi connectivity index (χ1v) is 9.69. The molecule has 1 N–H and O–H groups in total. The molecule has 5 nitrogen and oxygen atoms in total. The molecule has 2 amide bonds. The zero-order chi connectivity index (χ0) is 20.1. The van der Waals surface area contributed by atoms with Gasteiger partial charge in [0.25, 0.3) is 5.91 Å². The Kier molecular flexibility index (Phi) is 5.56. The highest BCUT2D eigenvalue weighted by molar-refractivity contribution is 6.02. The maximum atomic E-state index is 13.5. The molecule has 1 aromatic heterocycles. The number of nitrogens with zero attached hydrogens (tertiary/aromatic N) is 1. The van der Waals surface area contributed by atoms with Crippen LogP contribution >= 0.6 is 0 Å². The molecule has 0 radical (unpaired) electrons. The van der Waals surface area contributed by atoms with E-state index < -0.39 is 6.04 Å². The van der Waals surface area contributed by atoms with Gasteiger partial charge in [-0.3, -0.25) is 9.59 Å². The smallest absolute Gasteiger partial charge is 0.254 e. The van der Waals surface area contributed by atoms with Crippen LogP contribution in [-0.2, 0) is 16.0 Å². The van der Waals surface area contributed by atoms with Crippen molar-refractivity contribution in [3.8, 4) is 0 Å². The number of hydrogen-bond donors (Lipinski definition) is 1. The molecule has 146 valence electrons. The Balaban J connectivity index is 1.60. The molecular formula is C24H22N2O3. The van der Waals surface area contributed by atoms with Gasteiger partial charge in [-0.2, -0.15) is 0 Å². The van der Waals surface area contributed by atoms with E-state index >= 15 is 0 Å². The van der Waals surface area contributed by atoms with Crippen LogP contribution in [0.4, 0.5) is 5.69 Å². The number of carbonyl (C=O) groups is 2. The first-order chi connectivity index (χ1) is 14.2. The summed E-state index contributed by atoms with van der Waals surface area (Å²) in [6, 6.07) is 20.0. The van der Waals surface area contributed by atoms with E-state index in [-0.39, 0.29) is 11.8 Å². The topological polar surface area (TPSA) is 62.6 Å². The second kappa shape index (κ2) is 8.61. The van der Waals surface area contributed by atoms with E-state index in [2.05, 4.69) is 11.4 Å². The molecular weight excluding hydrogens is 364 g/mol. The van der Waals surface area contributed by atoms with Gasteiger partial charge < -0.3 is 14.6 Å². The molecule has 0 aliphatic carbocycles. The first-order valence-electron chi connectivity index (χ1n) is 9.69. The van der Waals surface area contributed by atoms with E-state index in [1.165, 1.54) is 6.08 Å². The monoisotopic (exact) mass is 386 g/mol. The molecule has 1 aliphatic heterocycles. The van der Waals surface area contributed by atoms with Crippen LogP contribution in [0.5, 0.6) is 0 Å². The highest BCUT2D eigenvalue weighted by Gasteiger charge is 2.30. The summed E-state index contributed by atoms with van der Waals surface area (Å²) in [6.07, 6.45) is 6.36. The fourth-order valence-electron chi connectivity index (χ4n) is 3.59. The number of carbonyl (C=O) groups excluding carboxylic acids is 2. The normalized spacial score (nSPS) is 14.4. The van der Waals surface area contributed by atoms with Crippen molar-refractivity contribution in [2.24, 2.45) is 0 Å². The van der Waals surface area contributed by atoms with Crippen LogP contribution in [0.25, 0.3) is 6.08 Å². The molecule has 2 heterocycles. The van der Waals surface area contributed by atoms with Gasteiger partial charge in [0.15, 0.2) is 0 Å². The van der Waals surface area contributed by atoms with E-state index in [0.717, 1.165) is 29.7 Å². The van der Waals surface area contributed by atoms with Gasteiger partial charge in [0.2, 0.25) is 5.91 Å². The van der Waals surface area contributed by atoms with Crippen LogP contribution in [0, 0.1) is 0 Å². The number of aryl methyl sites for hydroxylation is 1. The molecule has 0 saturated carbocycles. The van der Waals surface area contributed by atoms with Gasteiger partial charge in [0.05, 0.1) is 6.26 Å². The third kappa shape index (κ3) is 4.29. The van der Waals surface area contributed by atoms with Gasteiger partial charge in [-0.05, 0) is 48.2 Å². The molecule has 3 aromatic rings. The molecule has 0 spiro atoms. The summed E-state index contributed by atoms with van der Waals surface area (Å²) in [5.41, 5.74) is 2.83. The molecule has 5 heteroatoms. The Morgan fingerprint density at radius 1 is 1.00 bits per heavy atom. The molecule has 0 unspecified atom stereocenters. The zero-order valence-corrected chi connectivity index (χ0v) is 16.0. The van der Waals surface area contributed by atoms with Crippen LogP contribution in [0.1, 0.15) is 29.3 Å². The first kappa shape index (κ1) is 18.7. The fraction of sp³-hybridized carbons (Fsp3) is 0.167. The van der Waals surface area contributed by atoms with Crippen molar-refractivity contribution in [3.05, 3.63) is 96.0 Å². The van der Waals surface area contributed by atoms with Gasteiger partial charge in [-0.25, -0.2) is 0 Å². The number of benzene rings is 2. The number of amides is 2. The average molecular weight is 386 g/mol. The Morgan fingerprint density at radius 2 is 1.79 bits per heavy atom. The molecule has 4 rings (SSSR count). The van der Waals surface area contributed by atoms with E-state index in [1.54, 1.807) is 29.4 Å². The number of anilines is 1. The summed E-state index contributed by atoms with van der Waals surface area (Å²) < 4.78 is 5.21. The van der Waals surface area contributed by atoms with Gasteiger partial charge in [-0.15, -0.1) is 0 Å². The lowest BCUT2D eigenvalue weighted by molar-refractivity contribution is -0.125. The van der Waals surface area contributed by atoms with Gasteiger partial charge in [-0.1, -0.05) is 48.5 Å². The van der Waals surface area contributed by atoms with E-state index in [4.69, 9.17) is 4.42 Å². The summed E-state index contributed by atoms with van der Waals surface area (Å²) >= 11 is 0. The minimum atomic E-state index is -0.767. The Morgan fingerprint density at radius 3 is 2.59 bits per heavy atom. The lowest BCUT2D eigenvalue weighted by Gasteiger charge is -2.32. The maximum absolute atomic E-state index is 13.5. The van der Waals surface area contributed by atoms with Crippen LogP contribution < -0.4 is 10.2 Å². The Bertz CT molecular complexity index is 1010. The molecule has 1 atom stereocenters. The summed E-state index contributed by atoms with van der Waals surface area (Å²) in [7, 11) is 0. The van der Waals surface area contributed by atoms with Crippen molar-refractivity contribution in [1.82, 2.24) is 5.32 Å². The number of fused-ring (bicyclic) bond motifs is 1. The van der Waals surface area contributed by atoms with Crippen LogP contribution in [0.3, 0.4) is 0 Å².